The van der Waals surface area contributed by atoms with Gasteiger partial charge < -0.3 is 10.2 Å². The van der Waals surface area contributed by atoms with Gasteiger partial charge in [-0.1, -0.05) is 17.7 Å². The Hall–Kier alpha value is -2.09. The fraction of sp³-hybridized carbons (Fsp3) is 0.316. The van der Waals surface area contributed by atoms with Gasteiger partial charge >= 0.3 is 0 Å². The van der Waals surface area contributed by atoms with E-state index in [0.29, 0.717) is 10.7 Å². The first-order valence-electron chi connectivity index (χ1n) is 8.80. The minimum Gasteiger partial charge on any atom is -0.370 e. The number of piperidine rings is 1. The number of nitrogens with zero attached hydrogens (tertiary/aromatic N) is 1. The van der Waals surface area contributed by atoms with E-state index in [4.69, 9.17) is 11.6 Å². The van der Waals surface area contributed by atoms with Gasteiger partial charge in [0.1, 0.15) is 0 Å². The average molecular weight is 408 g/mol. The molecule has 0 spiro atoms. The molecule has 2 aromatic rings. The van der Waals surface area contributed by atoms with Crippen molar-refractivity contribution in [2.75, 3.05) is 30.4 Å². The molecule has 0 unspecified atom stereocenters. The molecular formula is C19H22ClN3O3S. The molecule has 8 heteroatoms. The molecule has 0 aromatic heterocycles. The van der Waals surface area contributed by atoms with Crippen LogP contribution in [0.5, 0.6) is 0 Å². The predicted molar refractivity (Wildman–Crippen MR) is 108 cm³/mol. The summed E-state index contributed by atoms with van der Waals surface area (Å²) in [6.45, 7) is 1.86. The fourth-order valence-electron chi connectivity index (χ4n) is 3.14. The SMILES string of the molecule is CNS(=O)(=O)c1cccc(C(=O)Nc2cc(Cl)ccc2N2CCCCC2)c1. The number of hydrogen-bond donors (Lipinski definition) is 2. The van der Waals surface area contributed by atoms with Crippen LogP contribution in [0.1, 0.15) is 29.6 Å². The molecule has 2 aromatic carbocycles. The number of rotatable bonds is 5. The Morgan fingerprint density at radius 3 is 2.52 bits per heavy atom. The molecule has 144 valence electrons. The Morgan fingerprint density at radius 1 is 1.07 bits per heavy atom. The molecule has 6 nitrogen and oxygen atoms in total. The molecule has 27 heavy (non-hydrogen) atoms. The molecule has 0 atom stereocenters. The van der Waals surface area contributed by atoms with Crippen LogP contribution in [0.2, 0.25) is 5.02 Å². The maximum Gasteiger partial charge on any atom is 0.255 e. The zero-order valence-electron chi connectivity index (χ0n) is 15.0. The third-order valence-corrected chi connectivity index (χ3v) is 6.23. The van der Waals surface area contributed by atoms with Crippen molar-refractivity contribution in [3.63, 3.8) is 0 Å². The molecule has 1 aliphatic heterocycles. The number of sulfonamides is 1. The van der Waals surface area contributed by atoms with E-state index in [1.807, 2.05) is 6.07 Å². The summed E-state index contributed by atoms with van der Waals surface area (Å²) in [4.78, 5) is 15.0. The average Bonchev–Trinajstić information content (AvgIpc) is 2.69. The highest BCUT2D eigenvalue weighted by Gasteiger charge is 2.18. The van der Waals surface area contributed by atoms with Crippen molar-refractivity contribution in [3.8, 4) is 0 Å². The first kappa shape index (κ1) is 19.7. The molecule has 0 aliphatic carbocycles. The molecule has 1 amide bonds. The van der Waals surface area contributed by atoms with Crippen LogP contribution >= 0.6 is 11.6 Å². The Bertz CT molecular complexity index is 941. The largest absolute Gasteiger partial charge is 0.370 e. The van der Waals surface area contributed by atoms with Gasteiger partial charge in [0.2, 0.25) is 10.0 Å². The van der Waals surface area contributed by atoms with Crippen LogP contribution < -0.4 is 14.9 Å². The summed E-state index contributed by atoms with van der Waals surface area (Å²) < 4.78 is 26.2. The van der Waals surface area contributed by atoms with E-state index in [1.165, 1.54) is 25.6 Å². The van der Waals surface area contributed by atoms with Crippen molar-refractivity contribution in [2.45, 2.75) is 24.2 Å². The normalized spacial score (nSPS) is 14.8. The van der Waals surface area contributed by atoms with Gasteiger partial charge in [-0.15, -0.1) is 0 Å². The Balaban J connectivity index is 1.88. The van der Waals surface area contributed by atoms with Gasteiger partial charge in [0.25, 0.3) is 5.91 Å². The number of nitrogens with one attached hydrogen (secondary N) is 2. The van der Waals surface area contributed by atoms with Crippen LogP contribution in [0.25, 0.3) is 0 Å². The number of carbonyl (C=O) groups is 1. The van der Waals surface area contributed by atoms with Gasteiger partial charge in [-0.25, -0.2) is 13.1 Å². The minimum absolute atomic E-state index is 0.0417. The number of anilines is 2. The summed E-state index contributed by atoms with van der Waals surface area (Å²) in [5.74, 6) is -0.385. The topological polar surface area (TPSA) is 78.5 Å². The van der Waals surface area contributed by atoms with Crippen LogP contribution in [0.4, 0.5) is 11.4 Å². The van der Waals surface area contributed by atoms with Crippen molar-refractivity contribution >= 4 is 38.9 Å². The lowest BCUT2D eigenvalue weighted by molar-refractivity contribution is 0.102. The van der Waals surface area contributed by atoms with Gasteiger partial charge in [-0.05, 0) is 62.7 Å². The maximum absolute atomic E-state index is 12.7. The molecule has 1 heterocycles. The Labute approximate surface area is 164 Å². The van der Waals surface area contributed by atoms with Crippen LogP contribution in [-0.4, -0.2) is 34.5 Å². The van der Waals surface area contributed by atoms with Crippen LogP contribution in [0, 0.1) is 0 Å². The summed E-state index contributed by atoms with van der Waals surface area (Å²) in [5.41, 5.74) is 1.80. The molecule has 1 aliphatic rings. The Kier molecular flexibility index (Phi) is 6.04. The lowest BCUT2D eigenvalue weighted by Gasteiger charge is -2.30. The van der Waals surface area contributed by atoms with Crippen molar-refractivity contribution in [1.82, 2.24) is 4.72 Å². The van der Waals surface area contributed by atoms with Gasteiger partial charge in [0, 0.05) is 23.7 Å². The highest BCUT2D eigenvalue weighted by Crippen LogP contribution is 2.31. The quantitative estimate of drug-likeness (QED) is 0.795. The summed E-state index contributed by atoms with van der Waals surface area (Å²) >= 11 is 6.13. The van der Waals surface area contributed by atoms with Gasteiger partial charge in [-0.3, -0.25) is 4.79 Å². The number of benzene rings is 2. The van der Waals surface area contributed by atoms with E-state index < -0.39 is 10.0 Å². The first-order valence-corrected chi connectivity index (χ1v) is 10.7. The minimum atomic E-state index is -3.62. The zero-order chi connectivity index (χ0) is 19.4. The predicted octanol–water partition coefficient (Wildman–Crippen LogP) is 3.49. The molecule has 3 rings (SSSR count). The molecule has 1 fully saturated rings. The van der Waals surface area contributed by atoms with E-state index in [-0.39, 0.29) is 16.4 Å². The molecule has 2 N–H and O–H groups in total. The zero-order valence-corrected chi connectivity index (χ0v) is 16.6. The van der Waals surface area contributed by atoms with E-state index in [0.717, 1.165) is 31.6 Å². The summed E-state index contributed by atoms with van der Waals surface area (Å²) in [6, 6.07) is 11.4. The van der Waals surface area contributed by atoms with E-state index in [2.05, 4.69) is 14.9 Å². The summed E-state index contributed by atoms with van der Waals surface area (Å²) in [7, 11) is -2.29. The van der Waals surface area contributed by atoms with Crippen molar-refractivity contribution in [1.29, 1.82) is 0 Å². The van der Waals surface area contributed by atoms with Gasteiger partial charge in [0.05, 0.1) is 16.3 Å². The lowest BCUT2D eigenvalue weighted by Crippen LogP contribution is -2.30. The third-order valence-electron chi connectivity index (χ3n) is 4.58. The standard InChI is InChI=1S/C19H22ClN3O3S/c1-21-27(25,26)16-7-5-6-14(12-16)19(24)22-17-13-15(20)8-9-18(17)23-10-3-2-4-11-23/h5-9,12-13,21H,2-4,10-11H2,1H3,(H,22,24). The van der Waals surface area contributed by atoms with Gasteiger partial charge in [0.15, 0.2) is 0 Å². The number of halogens is 1. The van der Waals surface area contributed by atoms with E-state index in [1.54, 1.807) is 24.3 Å². The summed E-state index contributed by atoms with van der Waals surface area (Å²) in [5, 5.41) is 3.41. The second-order valence-corrected chi connectivity index (χ2v) is 8.72. The van der Waals surface area contributed by atoms with Crippen molar-refractivity contribution in [3.05, 3.63) is 53.1 Å². The lowest BCUT2D eigenvalue weighted by atomic mass is 10.1. The molecule has 1 saturated heterocycles. The molecule has 0 saturated carbocycles. The number of carbonyl (C=O) groups excluding carboxylic acids is 1. The van der Waals surface area contributed by atoms with Crippen molar-refractivity contribution in [2.24, 2.45) is 0 Å². The molecule has 0 bridgehead atoms. The smallest absolute Gasteiger partial charge is 0.255 e. The number of hydrogen-bond acceptors (Lipinski definition) is 4. The molecule has 0 radical (unpaired) electrons. The maximum atomic E-state index is 12.7. The van der Waals surface area contributed by atoms with Gasteiger partial charge in [-0.2, -0.15) is 0 Å². The van der Waals surface area contributed by atoms with Crippen LogP contribution in [0.3, 0.4) is 0 Å². The monoisotopic (exact) mass is 407 g/mol. The second-order valence-electron chi connectivity index (χ2n) is 6.40. The molecular weight excluding hydrogens is 386 g/mol. The van der Waals surface area contributed by atoms with E-state index in [9.17, 15) is 13.2 Å². The Morgan fingerprint density at radius 2 is 1.81 bits per heavy atom. The summed E-state index contributed by atoms with van der Waals surface area (Å²) in [6.07, 6.45) is 3.43. The highest BCUT2D eigenvalue weighted by molar-refractivity contribution is 7.89. The van der Waals surface area contributed by atoms with E-state index >= 15 is 0 Å². The number of amides is 1. The van der Waals surface area contributed by atoms with Crippen molar-refractivity contribution < 1.29 is 13.2 Å². The van der Waals surface area contributed by atoms with Crippen LogP contribution in [-0.2, 0) is 10.0 Å². The fourth-order valence-corrected chi connectivity index (χ4v) is 4.08. The second kappa shape index (κ2) is 8.29. The van der Waals surface area contributed by atoms with Crippen LogP contribution in [0.15, 0.2) is 47.4 Å². The third kappa shape index (κ3) is 4.61. The highest BCUT2D eigenvalue weighted by atomic mass is 35.5. The first-order chi connectivity index (χ1) is 12.9.